The molecule has 1 aliphatic rings. The average molecular weight is 195 g/mol. The van der Waals surface area contributed by atoms with Crippen molar-refractivity contribution in [3.8, 4) is 0 Å². The predicted molar refractivity (Wildman–Crippen MR) is 51.7 cm³/mol. The molecule has 0 aromatic heterocycles. The highest BCUT2D eigenvalue weighted by Gasteiger charge is 2.20. The first-order valence-electron chi connectivity index (χ1n) is 3.94. The molecule has 66 valence electrons. The normalized spacial score (nSPS) is 22.9. The largest absolute Gasteiger partial charge is 0.306 e. The number of likely N-dealkylation sites (tertiary alicyclic amines) is 1. The van der Waals surface area contributed by atoms with Crippen molar-refractivity contribution in [2.24, 2.45) is 0 Å². The van der Waals surface area contributed by atoms with E-state index < -0.39 is 0 Å². The minimum atomic E-state index is 0.675. The Kier molecular flexibility index (Phi) is 3.99. The fraction of sp³-hybridized carbons (Fsp3) is 1.00. The van der Waals surface area contributed by atoms with Crippen molar-refractivity contribution in [2.75, 3.05) is 27.2 Å². The molecule has 1 saturated heterocycles. The van der Waals surface area contributed by atoms with Crippen LogP contribution in [0.5, 0.6) is 0 Å². The molecule has 0 saturated carbocycles. The Labute approximate surface area is 77.5 Å². The zero-order valence-electron chi connectivity index (χ0n) is 7.09. The Morgan fingerprint density at radius 1 is 1.45 bits per heavy atom. The molecule has 0 atom stereocenters. The summed E-state index contributed by atoms with van der Waals surface area (Å²) in [4.78, 5) is 2.36. The van der Waals surface area contributed by atoms with Crippen LogP contribution < -0.4 is 0 Å². The van der Waals surface area contributed by atoms with Crippen LogP contribution in [0.25, 0.3) is 0 Å². The molecule has 0 radical (unpaired) electrons. The maximum absolute atomic E-state index is 5.65. The van der Waals surface area contributed by atoms with E-state index in [1.54, 1.807) is 0 Å². The molecular formula is C7H15ClN2S. The van der Waals surface area contributed by atoms with Crippen LogP contribution in [-0.2, 0) is 0 Å². The van der Waals surface area contributed by atoms with Crippen molar-refractivity contribution < 1.29 is 0 Å². The van der Waals surface area contributed by atoms with E-state index >= 15 is 0 Å². The highest BCUT2D eigenvalue weighted by molar-refractivity contribution is 8.19. The molecule has 1 rings (SSSR count). The van der Waals surface area contributed by atoms with Gasteiger partial charge in [0.25, 0.3) is 0 Å². The van der Waals surface area contributed by atoms with Crippen LogP contribution in [0.3, 0.4) is 0 Å². The van der Waals surface area contributed by atoms with E-state index in [0.717, 1.165) is 0 Å². The molecule has 4 heteroatoms. The summed E-state index contributed by atoms with van der Waals surface area (Å²) in [6, 6.07) is 0.675. The van der Waals surface area contributed by atoms with Crippen LogP contribution in [0, 0.1) is 0 Å². The second-order valence-corrected chi connectivity index (χ2v) is 4.28. The molecule has 1 fully saturated rings. The van der Waals surface area contributed by atoms with E-state index in [1.807, 2.05) is 0 Å². The first-order valence-corrected chi connectivity index (χ1v) is 5.54. The smallest absolute Gasteiger partial charge is 0.0307 e. The lowest BCUT2D eigenvalue weighted by Crippen LogP contribution is -2.38. The van der Waals surface area contributed by atoms with Gasteiger partial charge in [-0.05, 0) is 50.7 Å². The highest BCUT2D eigenvalue weighted by atomic mass is 35.7. The first kappa shape index (κ1) is 9.65. The Morgan fingerprint density at radius 2 is 2.00 bits per heavy atom. The molecule has 1 aliphatic heterocycles. The molecule has 2 nitrogen and oxygen atoms in total. The predicted octanol–water partition coefficient (Wildman–Crippen LogP) is 1.81. The minimum Gasteiger partial charge on any atom is -0.306 e. The number of hydrogen-bond acceptors (Lipinski definition) is 3. The van der Waals surface area contributed by atoms with Crippen molar-refractivity contribution >= 4 is 21.8 Å². The highest BCUT2D eigenvalue weighted by Crippen LogP contribution is 2.22. The van der Waals surface area contributed by atoms with E-state index in [1.165, 1.54) is 37.1 Å². The molecule has 11 heavy (non-hydrogen) atoms. The second kappa shape index (κ2) is 4.55. The molecule has 0 bridgehead atoms. The molecule has 0 unspecified atom stereocenters. The van der Waals surface area contributed by atoms with Gasteiger partial charge in [-0.1, -0.05) is 0 Å². The van der Waals surface area contributed by atoms with Crippen molar-refractivity contribution in [1.82, 2.24) is 9.21 Å². The Bertz CT molecular complexity index is 115. The van der Waals surface area contributed by atoms with Gasteiger partial charge < -0.3 is 4.90 Å². The topological polar surface area (TPSA) is 6.48 Å². The molecule has 0 aromatic carbocycles. The maximum atomic E-state index is 5.65. The van der Waals surface area contributed by atoms with Crippen LogP contribution >= 0.6 is 21.8 Å². The third kappa shape index (κ3) is 2.82. The van der Waals surface area contributed by atoms with E-state index in [0.29, 0.717) is 6.04 Å². The maximum Gasteiger partial charge on any atom is 0.0307 e. The van der Waals surface area contributed by atoms with Gasteiger partial charge in [0.15, 0.2) is 0 Å². The second-order valence-electron chi connectivity index (χ2n) is 3.15. The quantitative estimate of drug-likeness (QED) is 0.620. The van der Waals surface area contributed by atoms with Crippen LogP contribution in [0.4, 0.5) is 0 Å². The molecule has 0 spiro atoms. The molecule has 0 amide bonds. The molecule has 0 aliphatic carbocycles. The summed E-state index contributed by atoms with van der Waals surface area (Å²) < 4.78 is 2.15. The van der Waals surface area contributed by atoms with Gasteiger partial charge in [-0.2, -0.15) is 0 Å². The fourth-order valence-corrected chi connectivity index (χ4v) is 2.08. The van der Waals surface area contributed by atoms with Gasteiger partial charge >= 0.3 is 0 Å². The fourth-order valence-electron chi connectivity index (χ4n) is 1.41. The monoisotopic (exact) mass is 194 g/mol. The molecular weight excluding hydrogens is 180 g/mol. The first-order chi connectivity index (χ1) is 5.24. The SMILES string of the molecule is CN1CCC(N(C)SCl)CC1. The van der Waals surface area contributed by atoms with Gasteiger partial charge in [-0.3, -0.25) is 0 Å². The summed E-state index contributed by atoms with van der Waals surface area (Å²) in [5.41, 5.74) is 0. The van der Waals surface area contributed by atoms with Crippen molar-refractivity contribution in [3.63, 3.8) is 0 Å². The summed E-state index contributed by atoms with van der Waals surface area (Å²) in [5, 5.41) is 0. The average Bonchev–Trinajstić information content (AvgIpc) is 2.05. The zero-order valence-corrected chi connectivity index (χ0v) is 8.66. The lowest BCUT2D eigenvalue weighted by atomic mass is 10.1. The van der Waals surface area contributed by atoms with Crippen molar-refractivity contribution in [3.05, 3.63) is 0 Å². The number of rotatable bonds is 2. The standard InChI is InChI=1S/C7H15ClN2S/c1-9-5-3-7(4-6-9)10(2)11-8/h7H,3-6H2,1-2H3. The van der Waals surface area contributed by atoms with E-state index in [9.17, 15) is 0 Å². The number of nitrogens with zero attached hydrogens (tertiary/aromatic N) is 2. The summed E-state index contributed by atoms with van der Waals surface area (Å²) in [6.45, 7) is 2.40. The van der Waals surface area contributed by atoms with Gasteiger partial charge in [0.1, 0.15) is 0 Å². The van der Waals surface area contributed by atoms with E-state index in [2.05, 4.69) is 23.3 Å². The Balaban J connectivity index is 2.27. The number of hydrogen-bond donors (Lipinski definition) is 0. The van der Waals surface area contributed by atoms with Crippen molar-refractivity contribution in [2.45, 2.75) is 18.9 Å². The van der Waals surface area contributed by atoms with Crippen molar-refractivity contribution in [1.29, 1.82) is 0 Å². The van der Waals surface area contributed by atoms with Crippen LogP contribution in [0.15, 0.2) is 0 Å². The summed E-state index contributed by atoms with van der Waals surface area (Å²) in [5.74, 6) is 0. The van der Waals surface area contributed by atoms with Crippen LogP contribution in [0.2, 0.25) is 0 Å². The van der Waals surface area contributed by atoms with Gasteiger partial charge in [0.05, 0.1) is 0 Å². The van der Waals surface area contributed by atoms with Gasteiger partial charge in [0, 0.05) is 17.2 Å². The zero-order chi connectivity index (χ0) is 8.27. The summed E-state index contributed by atoms with van der Waals surface area (Å²) in [6.07, 6.45) is 2.49. The summed E-state index contributed by atoms with van der Waals surface area (Å²) in [7, 11) is 9.88. The van der Waals surface area contributed by atoms with Gasteiger partial charge in [0.2, 0.25) is 0 Å². The van der Waals surface area contributed by atoms with E-state index in [4.69, 9.17) is 10.7 Å². The van der Waals surface area contributed by atoms with E-state index in [-0.39, 0.29) is 0 Å². The van der Waals surface area contributed by atoms with Crippen LogP contribution in [0.1, 0.15) is 12.8 Å². The van der Waals surface area contributed by atoms with Crippen LogP contribution in [-0.4, -0.2) is 42.4 Å². The van der Waals surface area contributed by atoms with Gasteiger partial charge in [-0.25, -0.2) is 4.31 Å². The minimum absolute atomic E-state index is 0.675. The third-order valence-corrected chi connectivity index (χ3v) is 3.48. The van der Waals surface area contributed by atoms with Gasteiger partial charge in [-0.15, -0.1) is 0 Å². The molecule has 0 N–H and O–H groups in total. The number of halogens is 1. The number of piperidine rings is 1. The lowest BCUT2D eigenvalue weighted by molar-refractivity contribution is 0.205. The Morgan fingerprint density at radius 3 is 2.45 bits per heavy atom. The Hall–Kier alpha value is 0.560. The molecule has 0 aromatic rings. The summed E-state index contributed by atoms with van der Waals surface area (Å²) >= 11 is 1.32. The third-order valence-electron chi connectivity index (χ3n) is 2.31. The molecule has 1 heterocycles. The lowest BCUT2D eigenvalue weighted by Gasteiger charge is -2.32.